The quantitative estimate of drug-likeness (QED) is 0.467. The summed E-state index contributed by atoms with van der Waals surface area (Å²) in [6.07, 6.45) is 1.86. The van der Waals surface area contributed by atoms with Crippen LogP contribution in [0.4, 0.5) is 4.79 Å². The first-order chi connectivity index (χ1) is 14.0. The number of aromatic amines is 1. The number of aromatic nitrogens is 1. The number of hydrogen-bond acceptors (Lipinski definition) is 4. The highest BCUT2D eigenvalue weighted by molar-refractivity contribution is 5.99. The predicted octanol–water partition coefficient (Wildman–Crippen LogP) is 2.45. The Kier molecular flexibility index (Phi) is 6.47. The van der Waals surface area contributed by atoms with Crippen molar-refractivity contribution >= 4 is 28.9 Å². The fourth-order valence-corrected chi connectivity index (χ4v) is 2.86. The van der Waals surface area contributed by atoms with E-state index in [0.717, 1.165) is 22.0 Å². The first-order valence-electron chi connectivity index (χ1n) is 9.07. The summed E-state index contributed by atoms with van der Waals surface area (Å²) < 4.78 is 5.17. The number of carbonyl (C=O) groups excluding carboxylic acids is 2. The van der Waals surface area contributed by atoms with Gasteiger partial charge in [0.05, 0.1) is 0 Å². The zero-order valence-corrected chi connectivity index (χ0v) is 15.6. The van der Waals surface area contributed by atoms with Gasteiger partial charge in [0.15, 0.2) is 0 Å². The van der Waals surface area contributed by atoms with Crippen molar-refractivity contribution in [1.82, 2.24) is 15.6 Å². The number of hydrogen-bond donors (Lipinski definition) is 4. The summed E-state index contributed by atoms with van der Waals surface area (Å²) in [5.41, 5.74) is 3.06. The smallest absolute Gasteiger partial charge is 0.407 e. The summed E-state index contributed by atoms with van der Waals surface area (Å²) in [5, 5.41) is 14.6. The van der Waals surface area contributed by atoms with Crippen LogP contribution < -0.4 is 10.6 Å². The van der Waals surface area contributed by atoms with Gasteiger partial charge in [0.25, 0.3) is 5.91 Å². The molecule has 0 atom stereocenters. The van der Waals surface area contributed by atoms with Crippen molar-refractivity contribution in [2.75, 3.05) is 13.1 Å². The Labute approximate surface area is 166 Å². The Morgan fingerprint density at radius 1 is 1.03 bits per heavy atom. The van der Waals surface area contributed by atoms with Crippen LogP contribution in [0.5, 0.6) is 0 Å². The van der Waals surface area contributed by atoms with Crippen molar-refractivity contribution in [3.8, 4) is 0 Å². The minimum Gasteiger partial charge on any atom is -0.480 e. The van der Waals surface area contributed by atoms with Gasteiger partial charge in [-0.25, -0.2) is 4.79 Å². The van der Waals surface area contributed by atoms with Gasteiger partial charge in [0.2, 0.25) is 0 Å². The first kappa shape index (κ1) is 19.9. The predicted molar refractivity (Wildman–Crippen MR) is 107 cm³/mol. The van der Waals surface area contributed by atoms with Crippen LogP contribution in [0, 0.1) is 0 Å². The molecule has 0 unspecified atom stereocenters. The summed E-state index contributed by atoms with van der Waals surface area (Å²) >= 11 is 0. The number of amides is 2. The van der Waals surface area contributed by atoms with Gasteiger partial charge in [-0.15, -0.1) is 0 Å². The Morgan fingerprint density at radius 3 is 2.59 bits per heavy atom. The number of rotatable bonds is 8. The second-order valence-electron chi connectivity index (χ2n) is 6.39. The Bertz CT molecular complexity index is 1010. The van der Waals surface area contributed by atoms with Gasteiger partial charge in [0, 0.05) is 29.2 Å². The Hall–Kier alpha value is -3.81. The number of carbonyl (C=O) groups is 3. The maximum Gasteiger partial charge on any atom is 0.407 e. The van der Waals surface area contributed by atoms with Crippen molar-refractivity contribution in [3.63, 3.8) is 0 Å². The molecule has 2 aromatic carbocycles. The van der Waals surface area contributed by atoms with Gasteiger partial charge >= 0.3 is 12.1 Å². The average molecular weight is 395 g/mol. The van der Waals surface area contributed by atoms with Crippen LogP contribution in [0.15, 0.2) is 54.7 Å². The monoisotopic (exact) mass is 395 g/mol. The maximum atomic E-state index is 12.1. The maximum absolute atomic E-state index is 12.1. The fourth-order valence-electron chi connectivity index (χ4n) is 2.86. The molecule has 150 valence electrons. The summed E-state index contributed by atoms with van der Waals surface area (Å²) in [7, 11) is 0. The molecule has 1 heterocycles. The van der Waals surface area contributed by atoms with Crippen molar-refractivity contribution in [1.29, 1.82) is 0 Å². The molecule has 8 heteroatoms. The van der Waals surface area contributed by atoms with Crippen molar-refractivity contribution in [2.45, 2.75) is 13.0 Å². The largest absolute Gasteiger partial charge is 0.480 e. The molecule has 0 spiro atoms. The van der Waals surface area contributed by atoms with E-state index in [1.165, 1.54) is 0 Å². The molecule has 3 rings (SSSR count). The molecule has 0 saturated heterocycles. The molecule has 8 nitrogen and oxygen atoms in total. The second kappa shape index (κ2) is 9.41. The van der Waals surface area contributed by atoms with E-state index in [9.17, 15) is 14.4 Å². The number of alkyl carbamates (subject to hydrolysis) is 1. The van der Waals surface area contributed by atoms with Crippen LogP contribution >= 0.6 is 0 Å². The number of H-pyrrole nitrogens is 1. The van der Waals surface area contributed by atoms with E-state index in [4.69, 9.17) is 9.84 Å². The molecule has 29 heavy (non-hydrogen) atoms. The van der Waals surface area contributed by atoms with E-state index in [0.29, 0.717) is 18.5 Å². The number of benzene rings is 2. The van der Waals surface area contributed by atoms with E-state index in [1.54, 1.807) is 18.2 Å². The van der Waals surface area contributed by atoms with Gasteiger partial charge in [-0.2, -0.15) is 0 Å². The van der Waals surface area contributed by atoms with Gasteiger partial charge in [-0.05, 0) is 35.7 Å². The molecule has 0 radical (unpaired) electrons. The molecule has 0 aliphatic rings. The van der Waals surface area contributed by atoms with Gasteiger partial charge < -0.3 is 25.5 Å². The summed E-state index contributed by atoms with van der Waals surface area (Å²) in [6.45, 7) is 0.135. The van der Waals surface area contributed by atoms with Crippen LogP contribution in [0.1, 0.15) is 21.5 Å². The number of carboxylic acid groups (broad SMARTS) is 1. The standard InChI is InChI=1S/C21H21N3O5/c25-19(26)12-24-20(27)15-6-7-18-17(10-15)16(11-23-18)8-9-22-21(28)29-13-14-4-2-1-3-5-14/h1-7,10-11,23H,8-9,12-13H2,(H,22,28)(H,24,27)(H,25,26). The topological polar surface area (TPSA) is 121 Å². The number of nitrogens with one attached hydrogen (secondary N) is 3. The molecular weight excluding hydrogens is 374 g/mol. The third-order valence-electron chi connectivity index (χ3n) is 4.31. The van der Waals surface area contributed by atoms with Crippen molar-refractivity contribution in [2.24, 2.45) is 0 Å². The molecule has 3 aromatic rings. The Morgan fingerprint density at radius 2 is 1.83 bits per heavy atom. The van der Waals surface area contributed by atoms with Crippen LogP contribution in [0.3, 0.4) is 0 Å². The zero-order chi connectivity index (χ0) is 20.6. The number of fused-ring (bicyclic) bond motifs is 1. The highest BCUT2D eigenvalue weighted by atomic mass is 16.5. The van der Waals surface area contributed by atoms with Crippen LogP contribution in [-0.4, -0.2) is 41.1 Å². The van der Waals surface area contributed by atoms with E-state index < -0.39 is 24.5 Å². The molecule has 0 bridgehead atoms. The van der Waals surface area contributed by atoms with Crippen LogP contribution in [-0.2, 0) is 22.6 Å². The molecule has 0 aliphatic carbocycles. The molecular formula is C21H21N3O5. The number of aliphatic carboxylic acids is 1. The number of ether oxygens (including phenoxy) is 1. The minimum absolute atomic E-state index is 0.203. The fraction of sp³-hybridized carbons (Fsp3) is 0.190. The molecule has 4 N–H and O–H groups in total. The third-order valence-corrected chi connectivity index (χ3v) is 4.31. The molecule has 0 aliphatic heterocycles. The lowest BCUT2D eigenvalue weighted by Crippen LogP contribution is -2.29. The summed E-state index contributed by atoms with van der Waals surface area (Å²) in [6, 6.07) is 14.5. The van der Waals surface area contributed by atoms with E-state index >= 15 is 0 Å². The highest BCUT2D eigenvalue weighted by Crippen LogP contribution is 2.20. The minimum atomic E-state index is -1.10. The molecule has 0 fully saturated rings. The third kappa shape index (κ3) is 5.58. The van der Waals surface area contributed by atoms with Crippen LogP contribution in [0.25, 0.3) is 10.9 Å². The lowest BCUT2D eigenvalue weighted by Gasteiger charge is -2.07. The second-order valence-corrected chi connectivity index (χ2v) is 6.39. The van der Waals surface area contributed by atoms with Crippen LogP contribution in [0.2, 0.25) is 0 Å². The summed E-state index contributed by atoms with van der Waals surface area (Å²) in [5.74, 6) is -1.56. The Balaban J connectivity index is 1.54. The zero-order valence-electron chi connectivity index (χ0n) is 15.6. The normalized spacial score (nSPS) is 10.5. The summed E-state index contributed by atoms with van der Waals surface area (Å²) in [4.78, 5) is 37.6. The molecule has 2 amide bonds. The molecule has 0 saturated carbocycles. The van der Waals surface area contributed by atoms with Gasteiger partial charge in [-0.1, -0.05) is 30.3 Å². The lowest BCUT2D eigenvalue weighted by atomic mass is 10.1. The van der Waals surface area contributed by atoms with E-state index in [-0.39, 0.29) is 6.61 Å². The van der Waals surface area contributed by atoms with Gasteiger partial charge in [0.1, 0.15) is 13.2 Å². The highest BCUT2D eigenvalue weighted by Gasteiger charge is 2.11. The lowest BCUT2D eigenvalue weighted by molar-refractivity contribution is -0.135. The average Bonchev–Trinajstić information content (AvgIpc) is 3.13. The van der Waals surface area contributed by atoms with E-state index in [1.807, 2.05) is 36.5 Å². The first-order valence-corrected chi connectivity index (χ1v) is 9.07. The van der Waals surface area contributed by atoms with E-state index in [2.05, 4.69) is 15.6 Å². The SMILES string of the molecule is O=C(O)CNC(=O)c1ccc2[nH]cc(CCNC(=O)OCc3ccccc3)c2c1. The van der Waals surface area contributed by atoms with Gasteiger partial charge in [-0.3, -0.25) is 9.59 Å². The van der Waals surface area contributed by atoms with Crippen molar-refractivity contribution < 1.29 is 24.2 Å². The van der Waals surface area contributed by atoms with Crippen molar-refractivity contribution in [3.05, 3.63) is 71.4 Å². The molecule has 1 aromatic heterocycles. The number of carboxylic acids is 1.